The lowest BCUT2D eigenvalue weighted by molar-refractivity contribution is 0.155. The van der Waals surface area contributed by atoms with Crippen LogP contribution in [0.3, 0.4) is 0 Å². The van der Waals surface area contributed by atoms with Crippen LogP contribution < -0.4 is 10.1 Å². The first kappa shape index (κ1) is 20.6. The highest BCUT2D eigenvalue weighted by atomic mass is 16.5. The number of hydrogen-bond donors (Lipinski definition) is 1. The minimum atomic E-state index is -0.431. The van der Waals surface area contributed by atoms with Gasteiger partial charge in [-0.1, -0.05) is 54.6 Å². The first-order chi connectivity index (χ1) is 15.7. The number of nitrogens with one attached hydrogen (secondary N) is 1. The van der Waals surface area contributed by atoms with E-state index in [9.17, 15) is 4.79 Å². The molecule has 0 radical (unpaired) electrons. The summed E-state index contributed by atoms with van der Waals surface area (Å²) in [5, 5.41) is 2.81. The lowest BCUT2D eigenvalue weighted by atomic mass is 10.1. The van der Waals surface area contributed by atoms with E-state index in [0.29, 0.717) is 5.92 Å². The van der Waals surface area contributed by atoms with E-state index in [1.165, 1.54) is 11.1 Å². The fourth-order valence-electron chi connectivity index (χ4n) is 4.89. The number of carbonyl (C=O) groups is 1. The van der Waals surface area contributed by atoms with Crippen molar-refractivity contribution in [1.29, 1.82) is 0 Å². The fraction of sp³-hybridized carbons (Fsp3) is 0.296. The summed E-state index contributed by atoms with van der Waals surface area (Å²) in [4.78, 5) is 14.6. The number of hydrogen-bond acceptors (Lipinski definition) is 4. The summed E-state index contributed by atoms with van der Waals surface area (Å²) in [7, 11) is 1.70. The number of methoxy groups -OCH3 is 1. The minimum absolute atomic E-state index is 0.267. The molecule has 0 spiro atoms. The van der Waals surface area contributed by atoms with Gasteiger partial charge in [0, 0.05) is 25.3 Å². The van der Waals surface area contributed by atoms with E-state index in [1.54, 1.807) is 7.11 Å². The molecule has 3 atom stereocenters. The molecule has 1 N–H and O–H groups in total. The Morgan fingerprint density at radius 1 is 0.906 bits per heavy atom. The van der Waals surface area contributed by atoms with Crippen LogP contribution in [0.2, 0.25) is 0 Å². The Labute approximate surface area is 189 Å². The van der Waals surface area contributed by atoms with Crippen molar-refractivity contribution in [3.05, 3.63) is 95.6 Å². The van der Waals surface area contributed by atoms with Gasteiger partial charge in [-0.15, -0.1) is 0 Å². The van der Waals surface area contributed by atoms with Crippen LogP contribution >= 0.6 is 0 Å². The van der Waals surface area contributed by atoms with Gasteiger partial charge in [0.25, 0.3) is 0 Å². The number of piperidine rings is 1. The summed E-state index contributed by atoms with van der Waals surface area (Å²) in [5.41, 5.74) is 4.43. The smallest absolute Gasteiger partial charge is 0.411 e. The zero-order valence-corrected chi connectivity index (χ0v) is 18.2. The summed E-state index contributed by atoms with van der Waals surface area (Å²) >= 11 is 0. The molecule has 2 fully saturated rings. The molecule has 1 heterocycles. The Kier molecular flexibility index (Phi) is 5.82. The predicted octanol–water partition coefficient (Wildman–Crippen LogP) is 5.29. The van der Waals surface area contributed by atoms with E-state index in [4.69, 9.17) is 9.47 Å². The summed E-state index contributed by atoms with van der Waals surface area (Å²) in [6, 6.07) is 26.3. The van der Waals surface area contributed by atoms with Crippen molar-refractivity contribution in [1.82, 2.24) is 4.90 Å². The maximum Gasteiger partial charge on any atom is 0.411 e. The van der Waals surface area contributed by atoms with E-state index in [-0.39, 0.29) is 6.61 Å². The molecule has 1 unspecified atom stereocenters. The van der Waals surface area contributed by atoms with Crippen molar-refractivity contribution < 1.29 is 14.3 Å². The maximum absolute atomic E-state index is 12.1. The number of rotatable bonds is 7. The number of likely N-dealkylation sites (tertiary alicyclic amines) is 1. The number of nitrogens with zero attached hydrogens (tertiary/aromatic N) is 1. The van der Waals surface area contributed by atoms with Crippen molar-refractivity contribution in [3.63, 3.8) is 0 Å². The molecule has 1 aliphatic heterocycles. The summed E-state index contributed by atoms with van der Waals surface area (Å²) in [6.45, 7) is 3.56. The Morgan fingerprint density at radius 2 is 1.59 bits per heavy atom. The molecule has 164 valence electrons. The third-order valence-corrected chi connectivity index (χ3v) is 6.59. The third kappa shape index (κ3) is 4.63. The van der Waals surface area contributed by atoms with Crippen LogP contribution in [0.25, 0.3) is 0 Å². The molecule has 1 amide bonds. The van der Waals surface area contributed by atoms with Crippen molar-refractivity contribution in [2.24, 2.45) is 11.8 Å². The number of fused-ring (bicyclic) bond motifs is 1. The molecule has 32 heavy (non-hydrogen) atoms. The molecule has 2 aliphatic rings. The number of ether oxygens (including phenoxy) is 2. The molecule has 0 bridgehead atoms. The maximum atomic E-state index is 12.1. The number of carbonyl (C=O) groups excluding carboxylic acids is 1. The molecule has 3 aromatic rings. The molecule has 5 rings (SSSR count). The van der Waals surface area contributed by atoms with Gasteiger partial charge in [-0.3, -0.25) is 10.2 Å². The number of amides is 1. The molecular weight excluding hydrogens is 400 g/mol. The number of anilines is 1. The zero-order valence-electron chi connectivity index (χ0n) is 18.2. The molecule has 1 saturated carbocycles. The first-order valence-corrected chi connectivity index (χ1v) is 11.1. The van der Waals surface area contributed by atoms with Crippen LogP contribution in [0.4, 0.5) is 10.5 Å². The van der Waals surface area contributed by atoms with Crippen molar-refractivity contribution in [3.8, 4) is 5.75 Å². The first-order valence-electron chi connectivity index (χ1n) is 11.1. The van der Waals surface area contributed by atoms with Crippen LogP contribution in [0.15, 0.2) is 78.9 Å². The third-order valence-electron chi connectivity index (χ3n) is 6.59. The largest absolute Gasteiger partial charge is 0.497 e. The fourth-order valence-corrected chi connectivity index (χ4v) is 4.89. The Morgan fingerprint density at radius 3 is 2.25 bits per heavy atom. The van der Waals surface area contributed by atoms with Crippen LogP contribution in [0, 0.1) is 11.8 Å². The summed E-state index contributed by atoms with van der Waals surface area (Å²) in [5.74, 6) is 3.02. The van der Waals surface area contributed by atoms with Gasteiger partial charge in [0.15, 0.2) is 0 Å². The monoisotopic (exact) mass is 428 g/mol. The van der Waals surface area contributed by atoms with E-state index in [0.717, 1.165) is 48.5 Å². The second kappa shape index (κ2) is 9.05. The zero-order chi connectivity index (χ0) is 21.9. The lowest BCUT2D eigenvalue weighted by Crippen LogP contribution is -2.23. The van der Waals surface area contributed by atoms with Gasteiger partial charge in [-0.2, -0.15) is 0 Å². The highest BCUT2D eigenvalue weighted by Gasteiger charge is 2.55. The minimum Gasteiger partial charge on any atom is -0.497 e. The van der Waals surface area contributed by atoms with Crippen LogP contribution in [0.1, 0.15) is 22.6 Å². The Bertz CT molecular complexity index is 1040. The Hall–Kier alpha value is -3.31. The molecule has 1 saturated heterocycles. The SMILES string of the molecule is COc1ccc(CN2C[C@@H]3C(c4ccc(NC(=O)OCc5ccccc5)cc4)[C@@H]3C2)cc1. The quantitative estimate of drug-likeness (QED) is 0.556. The average molecular weight is 429 g/mol. The summed E-state index contributed by atoms with van der Waals surface area (Å²) < 4.78 is 10.5. The van der Waals surface area contributed by atoms with E-state index in [1.807, 2.05) is 54.6 Å². The van der Waals surface area contributed by atoms with Gasteiger partial charge < -0.3 is 9.47 Å². The van der Waals surface area contributed by atoms with Gasteiger partial charge in [0.2, 0.25) is 0 Å². The highest BCUT2D eigenvalue weighted by Crippen LogP contribution is 2.58. The van der Waals surface area contributed by atoms with Crippen LogP contribution in [0.5, 0.6) is 5.75 Å². The average Bonchev–Trinajstić information content (AvgIpc) is 3.33. The second-order valence-corrected chi connectivity index (χ2v) is 8.70. The number of benzene rings is 3. The van der Waals surface area contributed by atoms with Gasteiger partial charge >= 0.3 is 6.09 Å². The molecule has 5 nitrogen and oxygen atoms in total. The second-order valence-electron chi connectivity index (χ2n) is 8.70. The van der Waals surface area contributed by atoms with E-state index >= 15 is 0 Å². The molecule has 5 heteroatoms. The van der Waals surface area contributed by atoms with Crippen molar-refractivity contribution in [2.75, 3.05) is 25.5 Å². The van der Waals surface area contributed by atoms with Crippen LogP contribution in [-0.4, -0.2) is 31.2 Å². The standard InChI is InChI=1S/C27H28N2O3/c1-31-23-13-7-19(8-14-23)15-29-16-24-25(17-29)26(24)21-9-11-22(12-10-21)28-27(30)32-18-20-5-3-2-4-6-20/h2-14,24-26H,15-18H2,1H3,(H,28,30)/t24-,25+,26?. The van der Waals surface area contributed by atoms with Gasteiger partial charge in [0.05, 0.1) is 7.11 Å². The van der Waals surface area contributed by atoms with Crippen molar-refractivity contribution in [2.45, 2.75) is 19.1 Å². The van der Waals surface area contributed by atoms with Crippen molar-refractivity contribution >= 4 is 11.8 Å². The molecular formula is C27H28N2O3. The van der Waals surface area contributed by atoms with Gasteiger partial charge in [-0.05, 0) is 58.7 Å². The van der Waals surface area contributed by atoms with Gasteiger partial charge in [0.1, 0.15) is 12.4 Å². The molecule has 3 aromatic carbocycles. The Balaban J connectivity index is 1.08. The topological polar surface area (TPSA) is 50.8 Å². The highest BCUT2D eigenvalue weighted by molar-refractivity contribution is 5.84. The lowest BCUT2D eigenvalue weighted by Gasteiger charge is -2.20. The van der Waals surface area contributed by atoms with Crippen LogP contribution in [-0.2, 0) is 17.9 Å². The molecule has 0 aromatic heterocycles. The molecule has 1 aliphatic carbocycles. The normalized spacial score (nSPS) is 21.6. The predicted molar refractivity (Wildman–Crippen MR) is 125 cm³/mol. The van der Waals surface area contributed by atoms with E-state index in [2.05, 4.69) is 34.5 Å². The van der Waals surface area contributed by atoms with E-state index < -0.39 is 6.09 Å². The summed E-state index contributed by atoms with van der Waals surface area (Å²) in [6.07, 6.45) is -0.431. The van der Waals surface area contributed by atoms with Gasteiger partial charge in [-0.25, -0.2) is 4.79 Å².